The summed E-state index contributed by atoms with van der Waals surface area (Å²) >= 11 is 0. The Kier molecular flexibility index (Phi) is 4.50. The molecule has 0 unspecified atom stereocenters. The molecular weight excluding hydrogens is 210 g/mol. The molecule has 2 N–H and O–H groups in total. The third-order valence-corrected chi connectivity index (χ3v) is 1.97. The van der Waals surface area contributed by atoms with Crippen molar-refractivity contribution < 1.29 is 14.7 Å². The van der Waals surface area contributed by atoms with Gasteiger partial charge in [-0.1, -0.05) is 13.3 Å². The van der Waals surface area contributed by atoms with E-state index in [9.17, 15) is 9.59 Å². The summed E-state index contributed by atoms with van der Waals surface area (Å²) in [6.45, 7) is 1.81. The van der Waals surface area contributed by atoms with E-state index in [0.717, 1.165) is 12.8 Å². The van der Waals surface area contributed by atoms with E-state index in [1.165, 1.54) is 17.1 Å². The lowest BCUT2D eigenvalue weighted by molar-refractivity contribution is -0.137. The van der Waals surface area contributed by atoms with Crippen LogP contribution in [0.4, 0.5) is 5.69 Å². The Labute approximate surface area is 93.3 Å². The van der Waals surface area contributed by atoms with Gasteiger partial charge in [-0.2, -0.15) is 5.10 Å². The van der Waals surface area contributed by atoms with Crippen molar-refractivity contribution in [2.45, 2.75) is 32.7 Å². The standard InChI is InChI=1S/C10H15N3O3/c1-2-3-4-9(14)12-8-5-11-13(6-8)7-10(15)16/h5-6H,2-4,7H2,1H3,(H,12,14)(H,15,16). The Bertz CT molecular complexity index is 373. The van der Waals surface area contributed by atoms with Crippen LogP contribution in [-0.4, -0.2) is 26.8 Å². The number of unbranched alkanes of at least 4 members (excludes halogenated alkanes) is 1. The first-order valence-electron chi connectivity index (χ1n) is 5.16. The van der Waals surface area contributed by atoms with Crippen LogP contribution in [0.15, 0.2) is 12.4 Å². The SMILES string of the molecule is CCCCC(=O)Nc1cnn(CC(=O)O)c1. The van der Waals surface area contributed by atoms with Crippen LogP contribution in [0.5, 0.6) is 0 Å². The van der Waals surface area contributed by atoms with E-state index in [2.05, 4.69) is 10.4 Å². The zero-order chi connectivity index (χ0) is 12.0. The van der Waals surface area contributed by atoms with Crippen LogP contribution >= 0.6 is 0 Å². The molecule has 0 aliphatic heterocycles. The van der Waals surface area contributed by atoms with Crippen LogP contribution in [0.1, 0.15) is 26.2 Å². The van der Waals surface area contributed by atoms with E-state index in [0.29, 0.717) is 12.1 Å². The summed E-state index contributed by atoms with van der Waals surface area (Å²) in [5, 5.41) is 15.0. The summed E-state index contributed by atoms with van der Waals surface area (Å²) in [7, 11) is 0. The molecule has 1 aromatic heterocycles. The van der Waals surface area contributed by atoms with Crippen LogP contribution in [0, 0.1) is 0 Å². The fourth-order valence-corrected chi connectivity index (χ4v) is 1.21. The number of carboxylic acid groups (broad SMARTS) is 1. The highest BCUT2D eigenvalue weighted by Crippen LogP contribution is 2.06. The van der Waals surface area contributed by atoms with Crippen molar-refractivity contribution in [1.29, 1.82) is 0 Å². The molecule has 1 amide bonds. The number of anilines is 1. The molecule has 6 heteroatoms. The van der Waals surface area contributed by atoms with Gasteiger partial charge in [0, 0.05) is 12.6 Å². The maximum Gasteiger partial charge on any atom is 0.325 e. The summed E-state index contributed by atoms with van der Waals surface area (Å²) in [6, 6.07) is 0. The first-order valence-corrected chi connectivity index (χ1v) is 5.16. The molecule has 1 rings (SSSR count). The first-order chi connectivity index (χ1) is 7.61. The van der Waals surface area contributed by atoms with Crippen LogP contribution in [-0.2, 0) is 16.1 Å². The number of aliphatic carboxylic acids is 1. The van der Waals surface area contributed by atoms with Gasteiger partial charge in [0.25, 0.3) is 0 Å². The second-order valence-electron chi connectivity index (χ2n) is 3.47. The number of rotatable bonds is 6. The number of hydrogen-bond acceptors (Lipinski definition) is 3. The zero-order valence-electron chi connectivity index (χ0n) is 9.14. The molecule has 0 aliphatic rings. The van der Waals surface area contributed by atoms with E-state index >= 15 is 0 Å². The van der Waals surface area contributed by atoms with Gasteiger partial charge < -0.3 is 10.4 Å². The minimum absolute atomic E-state index is 0.0725. The van der Waals surface area contributed by atoms with Gasteiger partial charge in [0.2, 0.25) is 5.91 Å². The lowest BCUT2D eigenvalue weighted by atomic mass is 10.2. The molecule has 0 atom stereocenters. The Balaban J connectivity index is 2.45. The van der Waals surface area contributed by atoms with Crippen LogP contribution in [0.25, 0.3) is 0 Å². The van der Waals surface area contributed by atoms with Gasteiger partial charge in [-0.3, -0.25) is 14.3 Å². The Hall–Kier alpha value is -1.85. The summed E-state index contributed by atoms with van der Waals surface area (Å²) in [5.41, 5.74) is 0.530. The predicted octanol–water partition coefficient (Wildman–Crippen LogP) is 1.10. The van der Waals surface area contributed by atoms with Crippen molar-refractivity contribution in [3.8, 4) is 0 Å². The smallest absolute Gasteiger partial charge is 0.325 e. The number of amides is 1. The third-order valence-electron chi connectivity index (χ3n) is 1.97. The van der Waals surface area contributed by atoms with Gasteiger partial charge in [0.1, 0.15) is 6.54 Å². The fourth-order valence-electron chi connectivity index (χ4n) is 1.21. The molecule has 1 heterocycles. The molecule has 0 aliphatic carbocycles. The highest BCUT2D eigenvalue weighted by Gasteiger charge is 2.05. The van der Waals surface area contributed by atoms with Crippen LogP contribution in [0.3, 0.4) is 0 Å². The summed E-state index contributed by atoms with van der Waals surface area (Å²) in [6.07, 6.45) is 5.21. The molecule has 0 bridgehead atoms. The molecule has 0 spiro atoms. The molecule has 88 valence electrons. The van der Waals surface area contributed by atoms with Gasteiger partial charge >= 0.3 is 5.97 Å². The van der Waals surface area contributed by atoms with Crippen molar-refractivity contribution in [1.82, 2.24) is 9.78 Å². The quantitative estimate of drug-likeness (QED) is 0.759. The second kappa shape index (κ2) is 5.89. The molecule has 0 aromatic carbocycles. The number of carboxylic acids is 1. The average Bonchev–Trinajstić information content (AvgIpc) is 2.61. The molecule has 0 saturated carbocycles. The topological polar surface area (TPSA) is 84.2 Å². The van der Waals surface area contributed by atoms with Gasteiger partial charge in [-0.25, -0.2) is 0 Å². The van der Waals surface area contributed by atoms with Crippen molar-refractivity contribution in [3.05, 3.63) is 12.4 Å². The molecule has 0 radical (unpaired) electrons. The summed E-state index contributed by atoms with van der Waals surface area (Å²) < 4.78 is 1.26. The Morgan fingerprint density at radius 2 is 2.31 bits per heavy atom. The highest BCUT2D eigenvalue weighted by atomic mass is 16.4. The third kappa shape index (κ3) is 4.12. The van der Waals surface area contributed by atoms with Crippen molar-refractivity contribution in [2.75, 3.05) is 5.32 Å². The van der Waals surface area contributed by atoms with Gasteiger partial charge in [-0.05, 0) is 6.42 Å². The second-order valence-corrected chi connectivity index (χ2v) is 3.47. The monoisotopic (exact) mass is 225 g/mol. The predicted molar refractivity (Wildman–Crippen MR) is 58.0 cm³/mol. The van der Waals surface area contributed by atoms with Crippen molar-refractivity contribution in [2.24, 2.45) is 0 Å². The lowest BCUT2D eigenvalue weighted by Crippen LogP contribution is -2.11. The number of aromatic nitrogens is 2. The molecule has 6 nitrogen and oxygen atoms in total. The van der Waals surface area contributed by atoms with E-state index in [1.54, 1.807) is 0 Å². The maximum absolute atomic E-state index is 11.3. The van der Waals surface area contributed by atoms with Gasteiger partial charge in [0.05, 0.1) is 11.9 Å². The number of hydrogen-bond donors (Lipinski definition) is 2. The number of carbonyl (C=O) groups is 2. The van der Waals surface area contributed by atoms with Crippen molar-refractivity contribution in [3.63, 3.8) is 0 Å². The normalized spacial score (nSPS) is 10.1. The minimum Gasteiger partial charge on any atom is -0.480 e. The highest BCUT2D eigenvalue weighted by molar-refractivity contribution is 5.90. The molecule has 0 saturated heterocycles. The fraction of sp³-hybridized carbons (Fsp3) is 0.500. The van der Waals surface area contributed by atoms with Gasteiger partial charge in [-0.15, -0.1) is 0 Å². The average molecular weight is 225 g/mol. The van der Waals surface area contributed by atoms with Crippen LogP contribution < -0.4 is 5.32 Å². The number of nitrogens with zero attached hydrogens (tertiary/aromatic N) is 2. The molecule has 1 aromatic rings. The van der Waals surface area contributed by atoms with E-state index in [1.807, 2.05) is 6.92 Å². The molecule has 0 fully saturated rings. The minimum atomic E-state index is -0.966. The largest absolute Gasteiger partial charge is 0.480 e. The maximum atomic E-state index is 11.3. The first kappa shape index (κ1) is 12.2. The van der Waals surface area contributed by atoms with Crippen LogP contribution in [0.2, 0.25) is 0 Å². The molecule has 16 heavy (non-hydrogen) atoms. The van der Waals surface area contributed by atoms with Gasteiger partial charge in [0.15, 0.2) is 0 Å². The Morgan fingerprint density at radius 1 is 1.56 bits per heavy atom. The number of carbonyl (C=O) groups excluding carboxylic acids is 1. The summed E-state index contributed by atoms with van der Waals surface area (Å²) in [5.74, 6) is -1.04. The van der Waals surface area contributed by atoms with E-state index in [4.69, 9.17) is 5.11 Å². The van der Waals surface area contributed by atoms with E-state index < -0.39 is 5.97 Å². The van der Waals surface area contributed by atoms with E-state index in [-0.39, 0.29) is 12.5 Å². The Morgan fingerprint density at radius 3 is 2.94 bits per heavy atom. The van der Waals surface area contributed by atoms with Crippen molar-refractivity contribution >= 4 is 17.6 Å². The molecular formula is C10H15N3O3. The zero-order valence-corrected chi connectivity index (χ0v) is 9.14. The lowest BCUT2D eigenvalue weighted by Gasteiger charge is -2.00. The summed E-state index contributed by atoms with van der Waals surface area (Å²) in [4.78, 5) is 21.7. The number of nitrogens with one attached hydrogen (secondary N) is 1.